The lowest BCUT2D eigenvalue weighted by atomic mass is 10.0. The Hall–Kier alpha value is -1.97. The zero-order chi connectivity index (χ0) is 14.6. The Kier molecular flexibility index (Phi) is 4.59. The van der Waals surface area contributed by atoms with Crippen LogP contribution in [-0.2, 0) is 4.74 Å². The summed E-state index contributed by atoms with van der Waals surface area (Å²) in [4.78, 5) is 11.5. The normalized spacial score (nSPS) is 12.6. The Balaban J connectivity index is 2.79. The summed E-state index contributed by atoms with van der Waals surface area (Å²) in [7, 11) is 0. The van der Waals surface area contributed by atoms with Gasteiger partial charge >= 0.3 is 6.16 Å². The molecule has 0 aliphatic heterocycles. The van der Waals surface area contributed by atoms with E-state index in [0.717, 1.165) is 5.56 Å². The van der Waals surface area contributed by atoms with Crippen LogP contribution in [0, 0.1) is 0 Å². The number of rotatable bonds is 3. The largest absolute Gasteiger partial charge is 0.514 e. The Labute approximate surface area is 113 Å². The number of aromatic hydroxyl groups is 1. The maximum atomic E-state index is 11.5. The highest BCUT2D eigenvalue weighted by atomic mass is 16.7. The monoisotopic (exact) mass is 264 g/mol. The second-order valence-electron chi connectivity index (χ2n) is 5.31. The van der Waals surface area contributed by atoms with E-state index in [1.54, 1.807) is 39.0 Å². The summed E-state index contributed by atoms with van der Waals surface area (Å²) in [6, 6.07) is 4.69. The van der Waals surface area contributed by atoms with Crippen LogP contribution in [0.3, 0.4) is 0 Å². The smallest absolute Gasteiger partial charge is 0.508 e. The number of ether oxygens (including phenoxy) is 2. The average molecular weight is 264 g/mol. The fourth-order valence-electron chi connectivity index (χ4n) is 1.47. The highest BCUT2D eigenvalue weighted by Crippen LogP contribution is 2.30. The summed E-state index contributed by atoms with van der Waals surface area (Å²) in [5.41, 5.74) is 0.114. The number of benzene rings is 1. The molecule has 0 aromatic heterocycles. The predicted molar refractivity (Wildman–Crippen MR) is 73.6 cm³/mol. The summed E-state index contributed by atoms with van der Waals surface area (Å²) in [6.45, 7) is 10.8. The zero-order valence-corrected chi connectivity index (χ0v) is 11.8. The molecule has 19 heavy (non-hydrogen) atoms. The van der Waals surface area contributed by atoms with Crippen molar-refractivity contribution in [3.8, 4) is 11.5 Å². The van der Waals surface area contributed by atoms with E-state index < -0.39 is 11.8 Å². The molecule has 0 spiro atoms. The molecule has 0 aliphatic rings. The van der Waals surface area contributed by atoms with Crippen molar-refractivity contribution >= 4 is 6.16 Å². The van der Waals surface area contributed by atoms with Gasteiger partial charge in [-0.3, -0.25) is 0 Å². The molecule has 0 radical (unpaired) electrons. The molecule has 0 bridgehead atoms. The molecule has 0 amide bonds. The SMILES string of the molecule is C=CC(C)c1ccc(OC(=O)OC(C)(C)C)cc1O. The zero-order valence-electron chi connectivity index (χ0n) is 11.8. The van der Waals surface area contributed by atoms with E-state index in [9.17, 15) is 9.90 Å². The van der Waals surface area contributed by atoms with Crippen LogP contribution in [0.2, 0.25) is 0 Å². The third kappa shape index (κ3) is 4.66. The average Bonchev–Trinajstić information content (AvgIpc) is 2.25. The summed E-state index contributed by atoms with van der Waals surface area (Å²) in [5, 5.41) is 9.86. The Morgan fingerprint density at radius 2 is 2.05 bits per heavy atom. The van der Waals surface area contributed by atoms with Crippen LogP contribution in [0.25, 0.3) is 0 Å². The van der Waals surface area contributed by atoms with E-state index in [-0.39, 0.29) is 17.4 Å². The first kappa shape index (κ1) is 15.1. The lowest BCUT2D eigenvalue weighted by Crippen LogP contribution is -2.25. The lowest BCUT2D eigenvalue weighted by molar-refractivity contribution is 0.0206. The summed E-state index contributed by atoms with van der Waals surface area (Å²) < 4.78 is 10.0. The standard InChI is InChI=1S/C15H20O4/c1-6-10(2)12-8-7-11(9-13(12)16)18-14(17)19-15(3,4)5/h6-10,16H,1H2,2-5H3. The number of hydrogen-bond acceptors (Lipinski definition) is 4. The van der Waals surface area contributed by atoms with Crippen LogP contribution < -0.4 is 4.74 Å². The van der Waals surface area contributed by atoms with Gasteiger partial charge in [-0.05, 0) is 26.8 Å². The summed E-state index contributed by atoms with van der Waals surface area (Å²) in [5.74, 6) is 0.329. The maximum absolute atomic E-state index is 11.5. The van der Waals surface area contributed by atoms with E-state index in [1.807, 2.05) is 6.92 Å². The molecule has 0 saturated carbocycles. The van der Waals surface area contributed by atoms with Crippen molar-refractivity contribution in [1.82, 2.24) is 0 Å². The van der Waals surface area contributed by atoms with Crippen molar-refractivity contribution < 1.29 is 19.4 Å². The Morgan fingerprint density at radius 1 is 1.42 bits per heavy atom. The summed E-state index contributed by atoms with van der Waals surface area (Å²) in [6.07, 6.45) is 0.931. The molecule has 104 valence electrons. The number of carbonyl (C=O) groups is 1. The summed E-state index contributed by atoms with van der Waals surface area (Å²) >= 11 is 0. The minimum atomic E-state index is -0.795. The van der Waals surface area contributed by atoms with E-state index in [4.69, 9.17) is 9.47 Å². The van der Waals surface area contributed by atoms with Crippen LogP contribution in [-0.4, -0.2) is 16.9 Å². The molecule has 4 heteroatoms. The molecule has 1 N–H and O–H groups in total. The highest BCUT2D eigenvalue weighted by molar-refractivity contribution is 5.64. The predicted octanol–water partition coefficient (Wildman–Crippen LogP) is 4.00. The van der Waals surface area contributed by atoms with Crippen molar-refractivity contribution in [2.24, 2.45) is 0 Å². The molecule has 1 aromatic rings. The van der Waals surface area contributed by atoms with E-state index in [1.165, 1.54) is 6.07 Å². The van der Waals surface area contributed by atoms with Crippen molar-refractivity contribution in [3.63, 3.8) is 0 Å². The van der Waals surface area contributed by atoms with Gasteiger partial charge in [0.2, 0.25) is 0 Å². The molecule has 1 aromatic carbocycles. The minimum Gasteiger partial charge on any atom is -0.508 e. The molecular weight excluding hydrogens is 244 g/mol. The lowest BCUT2D eigenvalue weighted by Gasteiger charge is -2.19. The number of allylic oxidation sites excluding steroid dienone is 1. The number of carbonyl (C=O) groups excluding carboxylic acids is 1. The van der Waals surface area contributed by atoms with Gasteiger partial charge in [0, 0.05) is 17.5 Å². The van der Waals surface area contributed by atoms with Crippen molar-refractivity contribution in [1.29, 1.82) is 0 Å². The Morgan fingerprint density at radius 3 is 2.53 bits per heavy atom. The van der Waals surface area contributed by atoms with E-state index in [0.29, 0.717) is 0 Å². The van der Waals surface area contributed by atoms with Gasteiger partial charge in [0.05, 0.1) is 0 Å². The second kappa shape index (κ2) is 5.78. The van der Waals surface area contributed by atoms with Crippen LogP contribution in [0.1, 0.15) is 39.2 Å². The first-order valence-electron chi connectivity index (χ1n) is 6.09. The number of phenolic OH excluding ortho intramolecular Hbond substituents is 1. The van der Waals surface area contributed by atoms with Gasteiger partial charge in [0.15, 0.2) is 0 Å². The van der Waals surface area contributed by atoms with Crippen molar-refractivity contribution in [2.75, 3.05) is 0 Å². The number of hydrogen-bond donors (Lipinski definition) is 1. The van der Waals surface area contributed by atoms with Gasteiger partial charge in [-0.15, -0.1) is 6.58 Å². The Bertz CT molecular complexity index is 472. The van der Waals surface area contributed by atoms with Gasteiger partial charge < -0.3 is 14.6 Å². The minimum absolute atomic E-state index is 0.0237. The van der Waals surface area contributed by atoms with Gasteiger partial charge in [-0.2, -0.15) is 0 Å². The first-order valence-corrected chi connectivity index (χ1v) is 6.09. The van der Waals surface area contributed by atoms with Gasteiger partial charge in [-0.25, -0.2) is 4.79 Å². The molecule has 0 saturated heterocycles. The van der Waals surface area contributed by atoms with Gasteiger partial charge in [-0.1, -0.05) is 19.1 Å². The third-order valence-corrected chi connectivity index (χ3v) is 2.44. The van der Waals surface area contributed by atoms with Crippen LogP contribution >= 0.6 is 0 Å². The van der Waals surface area contributed by atoms with E-state index >= 15 is 0 Å². The quantitative estimate of drug-likeness (QED) is 0.509. The molecule has 0 heterocycles. The molecule has 4 nitrogen and oxygen atoms in total. The third-order valence-electron chi connectivity index (χ3n) is 2.44. The fourth-order valence-corrected chi connectivity index (χ4v) is 1.47. The van der Waals surface area contributed by atoms with Crippen LogP contribution in [0.15, 0.2) is 30.9 Å². The molecule has 0 fully saturated rings. The van der Waals surface area contributed by atoms with Gasteiger partial charge in [0.1, 0.15) is 17.1 Å². The van der Waals surface area contributed by atoms with Crippen molar-refractivity contribution in [3.05, 3.63) is 36.4 Å². The molecule has 0 aliphatic carbocycles. The number of phenols is 1. The molecule has 1 unspecified atom stereocenters. The molecule has 1 rings (SSSR count). The second-order valence-corrected chi connectivity index (χ2v) is 5.31. The maximum Gasteiger partial charge on any atom is 0.514 e. The topological polar surface area (TPSA) is 55.8 Å². The fraction of sp³-hybridized carbons (Fsp3) is 0.400. The van der Waals surface area contributed by atoms with Crippen molar-refractivity contribution in [2.45, 2.75) is 39.2 Å². The molecule has 1 atom stereocenters. The van der Waals surface area contributed by atoms with Gasteiger partial charge in [0.25, 0.3) is 0 Å². The van der Waals surface area contributed by atoms with Crippen LogP contribution in [0.5, 0.6) is 11.5 Å². The van der Waals surface area contributed by atoms with Crippen LogP contribution in [0.4, 0.5) is 4.79 Å². The van der Waals surface area contributed by atoms with E-state index in [2.05, 4.69) is 6.58 Å². The first-order chi connectivity index (χ1) is 8.73. The molecular formula is C15H20O4. The highest BCUT2D eigenvalue weighted by Gasteiger charge is 2.18.